The molecule has 0 aromatic heterocycles. The van der Waals surface area contributed by atoms with E-state index in [-0.39, 0.29) is 6.42 Å². The van der Waals surface area contributed by atoms with Gasteiger partial charge in [0.2, 0.25) is 0 Å². The lowest BCUT2D eigenvalue weighted by atomic mass is 10.2. The molecule has 1 atom stereocenters. The Bertz CT molecular complexity index is 661. The summed E-state index contributed by atoms with van der Waals surface area (Å²) in [5.41, 5.74) is 0. The number of hydrogen-bond acceptors (Lipinski definition) is 5. The molecule has 0 bridgehead atoms. The molecule has 31 heavy (non-hydrogen) atoms. The van der Waals surface area contributed by atoms with Gasteiger partial charge in [-0.05, 0) is 25.0 Å². The number of carbonyl (C=O) groups excluding carboxylic acids is 2. The number of nitrogens with one attached hydrogen (secondary N) is 2. The van der Waals surface area contributed by atoms with Crippen molar-refractivity contribution < 1.29 is 28.7 Å². The summed E-state index contributed by atoms with van der Waals surface area (Å²) in [5, 5.41) is 16.4. The van der Waals surface area contributed by atoms with Crippen molar-refractivity contribution in [3.05, 3.63) is 24.3 Å². The molecule has 0 radical (unpaired) electrons. The van der Waals surface area contributed by atoms with Crippen molar-refractivity contribution in [3.8, 4) is 11.5 Å². The number of likely N-dealkylation sites (N-methyl/N-ethyl adjacent to an activating group) is 1. The van der Waals surface area contributed by atoms with E-state index >= 15 is 0 Å². The van der Waals surface area contributed by atoms with Crippen molar-refractivity contribution in [3.63, 3.8) is 0 Å². The van der Waals surface area contributed by atoms with Gasteiger partial charge in [0, 0.05) is 25.0 Å². The van der Waals surface area contributed by atoms with Gasteiger partial charge < -0.3 is 34.5 Å². The molecular formula is C23H39N3O5. The number of aliphatic carboxylic acids is 1. The summed E-state index contributed by atoms with van der Waals surface area (Å²) in [7, 11) is 5.81. The number of amides is 2. The highest BCUT2D eigenvalue weighted by molar-refractivity contribution is 5.75. The van der Waals surface area contributed by atoms with Gasteiger partial charge in [-0.15, -0.1) is 0 Å². The third kappa shape index (κ3) is 14.2. The summed E-state index contributed by atoms with van der Waals surface area (Å²) < 4.78 is 12.0. The summed E-state index contributed by atoms with van der Waals surface area (Å²) in [6.45, 7) is 4.24. The van der Waals surface area contributed by atoms with Crippen molar-refractivity contribution >= 4 is 12.0 Å². The van der Waals surface area contributed by atoms with Crippen LogP contribution in [0.1, 0.15) is 45.4 Å². The molecule has 1 rings (SSSR count). The molecule has 2 amide bonds. The Kier molecular flexibility index (Phi) is 12.4. The van der Waals surface area contributed by atoms with E-state index in [1.807, 2.05) is 45.4 Å². The fraction of sp³-hybridized carbons (Fsp3) is 0.652. The number of hydrogen-bond donors (Lipinski definition) is 2. The summed E-state index contributed by atoms with van der Waals surface area (Å²) in [5.74, 6) is 0.342. The molecule has 8 heteroatoms. The number of nitrogens with zero attached hydrogens (tertiary/aromatic N) is 1. The minimum Gasteiger partial charge on any atom is -0.550 e. The van der Waals surface area contributed by atoms with Crippen LogP contribution in [0.25, 0.3) is 0 Å². The van der Waals surface area contributed by atoms with E-state index in [1.54, 1.807) is 0 Å². The van der Waals surface area contributed by atoms with Crippen molar-refractivity contribution in [2.75, 3.05) is 47.4 Å². The quantitative estimate of drug-likeness (QED) is 0.304. The second-order valence-electron chi connectivity index (χ2n) is 8.73. The number of carboxylic acids is 1. The monoisotopic (exact) mass is 437 g/mol. The second kappa shape index (κ2) is 14.5. The van der Waals surface area contributed by atoms with Crippen LogP contribution in [0.5, 0.6) is 11.5 Å². The van der Waals surface area contributed by atoms with E-state index < -0.39 is 18.0 Å². The first-order valence-corrected chi connectivity index (χ1v) is 11.1. The van der Waals surface area contributed by atoms with E-state index in [4.69, 9.17) is 9.47 Å². The molecule has 0 aliphatic rings. The van der Waals surface area contributed by atoms with Gasteiger partial charge in [-0.2, -0.15) is 0 Å². The zero-order chi connectivity index (χ0) is 23.1. The maximum absolute atomic E-state index is 12.1. The maximum Gasteiger partial charge on any atom is 0.315 e. The van der Waals surface area contributed by atoms with Gasteiger partial charge in [0.1, 0.15) is 11.5 Å². The molecular weight excluding hydrogens is 398 g/mol. The van der Waals surface area contributed by atoms with Crippen molar-refractivity contribution in [2.45, 2.75) is 51.5 Å². The van der Waals surface area contributed by atoms with Crippen LogP contribution in [-0.2, 0) is 4.79 Å². The van der Waals surface area contributed by atoms with E-state index in [0.29, 0.717) is 37.2 Å². The van der Waals surface area contributed by atoms with Crippen molar-refractivity contribution in [1.29, 1.82) is 0 Å². The Morgan fingerprint density at radius 3 is 2.26 bits per heavy atom. The third-order valence-electron chi connectivity index (χ3n) is 4.46. The fourth-order valence-electron chi connectivity index (χ4n) is 3.10. The van der Waals surface area contributed by atoms with Gasteiger partial charge in [-0.25, -0.2) is 4.79 Å². The van der Waals surface area contributed by atoms with E-state index in [1.165, 1.54) is 19.3 Å². The number of benzene rings is 1. The predicted octanol–water partition coefficient (Wildman–Crippen LogP) is 1.93. The Morgan fingerprint density at radius 2 is 1.68 bits per heavy atom. The topological polar surface area (TPSA) is 99.7 Å². The van der Waals surface area contributed by atoms with Crippen LogP contribution in [0.2, 0.25) is 0 Å². The zero-order valence-electron chi connectivity index (χ0n) is 19.4. The third-order valence-corrected chi connectivity index (χ3v) is 4.46. The smallest absolute Gasteiger partial charge is 0.315 e. The molecule has 0 spiro atoms. The molecule has 0 saturated carbocycles. The number of urea groups is 1. The molecule has 0 unspecified atom stereocenters. The van der Waals surface area contributed by atoms with Gasteiger partial charge in [0.25, 0.3) is 0 Å². The van der Waals surface area contributed by atoms with Gasteiger partial charge in [0.05, 0.1) is 46.9 Å². The molecule has 176 valence electrons. The minimum absolute atomic E-state index is 0.219. The number of unbranched alkanes of at least 4 members (excludes halogenated alkanes) is 3. The summed E-state index contributed by atoms with van der Waals surface area (Å²) in [6.07, 6.45) is 5.06. The van der Waals surface area contributed by atoms with Crippen LogP contribution in [0, 0.1) is 0 Å². The van der Waals surface area contributed by atoms with Crippen LogP contribution in [0.4, 0.5) is 4.79 Å². The number of ether oxygens (including phenoxy) is 2. The van der Waals surface area contributed by atoms with E-state index in [9.17, 15) is 14.7 Å². The first-order valence-electron chi connectivity index (χ1n) is 11.1. The van der Waals surface area contributed by atoms with Gasteiger partial charge in [-0.1, -0.05) is 32.3 Å². The average molecular weight is 438 g/mol. The van der Waals surface area contributed by atoms with E-state index in [2.05, 4.69) is 17.6 Å². The molecule has 0 saturated heterocycles. The molecule has 2 N–H and O–H groups in total. The summed E-state index contributed by atoms with van der Waals surface area (Å²) >= 11 is 0. The largest absolute Gasteiger partial charge is 0.550 e. The fourth-order valence-corrected chi connectivity index (χ4v) is 3.10. The average Bonchev–Trinajstić information content (AvgIpc) is 2.66. The molecule has 1 aromatic rings. The Hall–Kier alpha value is -2.48. The Labute approximate surface area is 186 Å². The Balaban J connectivity index is 2.27. The molecule has 0 heterocycles. The first-order chi connectivity index (χ1) is 14.7. The number of quaternary nitrogens is 1. The summed E-state index contributed by atoms with van der Waals surface area (Å²) in [4.78, 5) is 23.0. The molecule has 8 nitrogen and oxygen atoms in total. The Morgan fingerprint density at radius 1 is 1.03 bits per heavy atom. The van der Waals surface area contributed by atoms with Gasteiger partial charge >= 0.3 is 6.03 Å². The minimum atomic E-state index is -1.18. The molecule has 0 aliphatic carbocycles. The summed E-state index contributed by atoms with van der Waals surface area (Å²) in [6, 6.07) is 6.67. The van der Waals surface area contributed by atoms with Gasteiger partial charge in [-0.3, -0.25) is 0 Å². The SMILES string of the molecule is CCCCCCOc1cccc(OCCCNC(=O)N[C@H](CC(=O)[O-])C[N+](C)(C)C)c1. The lowest BCUT2D eigenvalue weighted by Crippen LogP contribution is -2.53. The predicted molar refractivity (Wildman–Crippen MR) is 119 cm³/mol. The lowest BCUT2D eigenvalue weighted by molar-refractivity contribution is -0.871. The van der Waals surface area contributed by atoms with Crippen molar-refractivity contribution in [2.24, 2.45) is 0 Å². The zero-order valence-corrected chi connectivity index (χ0v) is 19.4. The normalized spacial score (nSPS) is 12.1. The highest BCUT2D eigenvalue weighted by Gasteiger charge is 2.20. The highest BCUT2D eigenvalue weighted by Crippen LogP contribution is 2.20. The standard InChI is InChI=1S/C23H39N3O5/c1-5-6-7-8-14-30-20-11-9-12-21(17-20)31-15-10-13-24-23(29)25-19(16-22(27)28)18-26(2,3)4/h9,11-12,17,19H,5-8,10,13-16,18H2,1-4H3,(H2-,24,25,27,28,29)/t19-/m1/s1. The number of rotatable bonds is 16. The maximum atomic E-state index is 12.1. The van der Waals surface area contributed by atoms with Crippen LogP contribution in [-0.4, -0.2) is 70.0 Å². The van der Waals surface area contributed by atoms with Gasteiger partial charge in [0.15, 0.2) is 0 Å². The van der Waals surface area contributed by atoms with Crippen LogP contribution >= 0.6 is 0 Å². The van der Waals surface area contributed by atoms with E-state index in [0.717, 1.165) is 17.9 Å². The molecule has 0 fully saturated rings. The van der Waals surface area contributed by atoms with Crippen molar-refractivity contribution in [1.82, 2.24) is 10.6 Å². The molecule has 0 aliphatic heterocycles. The van der Waals surface area contributed by atoms with Crippen LogP contribution < -0.4 is 25.2 Å². The lowest BCUT2D eigenvalue weighted by Gasteiger charge is -2.30. The number of carbonyl (C=O) groups is 2. The second-order valence-corrected chi connectivity index (χ2v) is 8.73. The number of carboxylic acid groups (broad SMARTS) is 1. The van der Waals surface area contributed by atoms with Crippen LogP contribution in [0.15, 0.2) is 24.3 Å². The van der Waals surface area contributed by atoms with Crippen LogP contribution in [0.3, 0.4) is 0 Å². The first kappa shape index (κ1) is 26.6. The molecule has 1 aromatic carbocycles. The highest BCUT2D eigenvalue weighted by atomic mass is 16.5.